The number of carbonyl (C=O) groups is 2. The molecule has 23 heavy (non-hydrogen) atoms. The van der Waals surface area contributed by atoms with Gasteiger partial charge in [0.2, 0.25) is 0 Å². The van der Waals surface area contributed by atoms with Crippen molar-refractivity contribution in [1.82, 2.24) is 4.90 Å². The highest BCUT2D eigenvalue weighted by molar-refractivity contribution is 9.11. The van der Waals surface area contributed by atoms with Crippen LogP contribution in [0.3, 0.4) is 0 Å². The third-order valence-electron chi connectivity index (χ3n) is 2.17. The van der Waals surface area contributed by atoms with E-state index in [1.807, 2.05) is 26.2 Å². The van der Waals surface area contributed by atoms with Crippen LogP contribution in [0.15, 0.2) is 33.2 Å². The molecular formula is C14H18Br2N2O5. The van der Waals surface area contributed by atoms with Crippen LogP contribution < -0.4 is 10.5 Å². The molecule has 1 aromatic carbocycles. The molecule has 0 atom stereocenters. The molecule has 0 saturated heterocycles. The predicted octanol–water partition coefficient (Wildman–Crippen LogP) is 2.45. The van der Waals surface area contributed by atoms with Crippen molar-refractivity contribution in [3.8, 4) is 5.75 Å². The van der Waals surface area contributed by atoms with Crippen LogP contribution >= 0.6 is 31.9 Å². The van der Waals surface area contributed by atoms with Gasteiger partial charge >= 0.3 is 11.9 Å². The lowest BCUT2D eigenvalue weighted by Gasteiger charge is -2.13. The van der Waals surface area contributed by atoms with Crippen molar-refractivity contribution in [2.24, 2.45) is 0 Å². The summed E-state index contributed by atoms with van der Waals surface area (Å²) in [5.74, 6) is -1.72. The first-order valence-corrected chi connectivity index (χ1v) is 7.88. The number of rotatable bonds is 6. The van der Waals surface area contributed by atoms with Gasteiger partial charge in [0.1, 0.15) is 12.4 Å². The van der Waals surface area contributed by atoms with Crippen molar-refractivity contribution >= 4 is 49.5 Å². The molecule has 0 spiro atoms. The summed E-state index contributed by atoms with van der Waals surface area (Å²) in [4.78, 5) is 21.2. The molecule has 0 unspecified atom stereocenters. The fourth-order valence-corrected chi connectivity index (χ4v) is 2.64. The first-order chi connectivity index (χ1) is 10.6. The van der Waals surface area contributed by atoms with E-state index in [0.717, 1.165) is 21.2 Å². The molecule has 7 nitrogen and oxygen atoms in total. The number of aliphatic carboxylic acids is 2. The van der Waals surface area contributed by atoms with Gasteiger partial charge in [-0.3, -0.25) is 0 Å². The maximum Gasteiger partial charge on any atom is 0.328 e. The lowest BCUT2D eigenvalue weighted by molar-refractivity contribution is -0.134. The molecule has 0 heterocycles. The Labute approximate surface area is 151 Å². The molecule has 0 aliphatic carbocycles. The molecular weight excluding hydrogens is 436 g/mol. The summed E-state index contributed by atoms with van der Waals surface area (Å²) in [6.07, 6.45) is 1.12. The third-order valence-corrected chi connectivity index (χ3v) is 3.35. The SMILES string of the molecule is CN(C)CCOc1c(Br)cc(N)cc1Br.O=C(O)/C=C\C(=O)O. The van der Waals surface area contributed by atoms with E-state index in [-0.39, 0.29) is 0 Å². The Bertz CT molecular complexity index is 537. The van der Waals surface area contributed by atoms with Gasteiger partial charge in [-0.25, -0.2) is 9.59 Å². The summed E-state index contributed by atoms with van der Waals surface area (Å²) in [7, 11) is 4.02. The molecule has 1 rings (SSSR count). The number of ether oxygens (including phenoxy) is 1. The van der Waals surface area contributed by atoms with Crippen molar-refractivity contribution in [3.63, 3.8) is 0 Å². The maximum absolute atomic E-state index is 9.55. The zero-order valence-electron chi connectivity index (χ0n) is 12.6. The van der Waals surface area contributed by atoms with Crippen molar-refractivity contribution in [3.05, 3.63) is 33.2 Å². The molecule has 128 valence electrons. The molecule has 0 aromatic heterocycles. The highest BCUT2D eigenvalue weighted by Gasteiger charge is 2.07. The van der Waals surface area contributed by atoms with E-state index in [2.05, 4.69) is 36.8 Å². The Kier molecular flexibility index (Phi) is 10.3. The van der Waals surface area contributed by atoms with Gasteiger partial charge in [0.15, 0.2) is 0 Å². The quantitative estimate of drug-likeness (QED) is 0.447. The summed E-state index contributed by atoms with van der Waals surface area (Å²) in [5, 5.41) is 15.6. The number of anilines is 1. The van der Waals surface area contributed by atoms with Crippen LogP contribution in [0.5, 0.6) is 5.75 Å². The largest absolute Gasteiger partial charge is 0.490 e. The molecule has 0 fully saturated rings. The van der Waals surface area contributed by atoms with Gasteiger partial charge < -0.3 is 25.6 Å². The van der Waals surface area contributed by atoms with E-state index in [4.69, 9.17) is 20.7 Å². The zero-order chi connectivity index (χ0) is 18.0. The van der Waals surface area contributed by atoms with Crippen molar-refractivity contribution in [2.75, 3.05) is 33.0 Å². The number of hydrogen-bond acceptors (Lipinski definition) is 5. The number of carboxylic acids is 2. The summed E-state index contributed by atoms with van der Waals surface area (Å²) < 4.78 is 7.38. The molecule has 9 heteroatoms. The normalized spacial score (nSPS) is 10.3. The summed E-state index contributed by atoms with van der Waals surface area (Å²) in [5.41, 5.74) is 6.38. The molecule has 0 bridgehead atoms. The Balaban J connectivity index is 0.000000515. The van der Waals surface area contributed by atoms with Gasteiger partial charge in [0.25, 0.3) is 0 Å². The number of halogens is 2. The highest BCUT2D eigenvalue weighted by atomic mass is 79.9. The lowest BCUT2D eigenvalue weighted by atomic mass is 10.3. The van der Waals surface area contributed by atoms with Crippen LogP contribution in [-0.4, -0.2) is 54.3 Å². The summed E-state index contributed by atoms with van der Waals surface area (Å²) >= 11 is 6.83. The summed E-state index contributed by atoms with van der Waals surface area (Å²) in [6.45, 7) is 1.53. The second kappa shape index (κ2) is 11.0. The first-order valence-electron chi connectivity index (χ1n) is 6.29. The molecule has 4 N–H and O–H groups in total. The molecule has 0 aliphatic rings. The number of nitrogens with zero attached hydrogens (tertiary/aromatic N) is 1. The van der Waals surface area contributed by atoms with Crippen LogP contribution in [0.25, 0.3) is 0 Å². The minimum Gasteiger partial charge on any atom is -0.490 e. The van der Waals surface area contributed by atoms with Crippen LogP contribution in [0, 0.1) is 0 Å². The predicted molar refractivity (Wildman–Crippen MR) is 94.7 cm³/mol. The van der Waals surface area contributed by atoms with Crippen molar-refractivity contribution in [2.45, 2.75) is 0 Å². The van der Waals surface area contributed by atoms with Gasteiger partial charge in [-0.15, -0.1) is 0 Å². The van der Waals surface area contributed by atoms with Crippen molar-refractivity contribution in [1.29, 1.82) is 0 Å². The minimum atomic E-state index is -1.26. The Morgan fingerprint density at radius 1 is 1.17 bits per heavy atom. The van der Waals surface area contributed by atoms with E-state index in [1.165, 1.54) is 0 Å². The Morgan fingerprint density at radius 2 is 1.61 bits per heavy atom. The monoisotopic (exact) mass is 452 g/mol. The van der Waals surface area contributed by atoms with E-state index < -0.39 is 11.9 Å². The van der Waals surface area contributed by atoms with Crippen molar-refractivity contribution < 1.29 is 24.5 Å². The zero-order valence-corrected chi connectivity index (χ0v) is 15.8. The topological polar surface area (TPSA) is 113 Å². The average Bonchev–Trinajstić information content (AvgIpc) is 2.40. The Hall–Kier alpha value is -1.58. The second-order valence-electron chi connectivity index (χ2n) is 4.48. The fourth-order valence-electron chi connectivity index (χ4n) is 1.19. The fraction of sp³-hybridized carbons (Fsp3) is 0.286. The van der Waals surface area contributed by atoms with Crippen LogP contribution in [0.2, 0.25) is 0 Å². The molecule has 0 aliphatic heterocycles. The maximum atomic E-state index is 9.55. The molecule has 0 radical (unpaired) electrons. The minimum absolute atomic E-state index is 0.558. The number of nitrogen functional groups attached to an aromatic ring is 1. The van der Waals surface area contributed by atoms with Crippen LogP contribution in [0.1, 0.15) is 0 Å². The lowest BCUT2D eigenvalue weighted by Crippen LogP contribution is -2.19. The van der Waals surface area contributed by atoms with Crippen LogP contribution in [-0.2, 0) is 9.59 Å². The number of nitrogens with two attached hydrogens (primary N) is 1. The van der Waals surface area contributed by atoms with Gasteiger partial charge in [-0.1, -0.05) is 0 Å². The first kappa shape index (κ1) is 21.4. The van der Waals surface area contributed by atoms with Gasteiger partial charge in [-0.05, 0) is 58.1 Å². The highest BCUT2D eigenvalue weighted by Crippen LogP contribution is 2.35. The molecule has 0 amide bonds. The number of likely N-dealkylation sites (N-methyl/N-ethyl adjacent to an activating group) is 1. The third kappa shape index (κ3) is 10.7. The number of carboxylic acid groups (broad SMARTS) is 2. The Morgan fingerprint density at radius 3 is 1.96 bits per heavy atom. The van der Waals surface area contributed by atoms with E-state index >= 15 is 0 Å². The van der Waals surface area contributed by atoms with E-state index in [0.29, 0.717) is 24.4 Å². The molecule has 0 saturated carbocycles. The molecule has 1 aromatic rings. The van der Waals surface area contributed by atoms with E-state index in [9.17, 15) is 9.59 Å². The van der Waals surface area contributed by atoms with Gasteiger partial charge in [0.05, 0.1) is 8.95 Å². The van der Waals surface area contributed by atoms with Crippen LogP contribution in [0.4, 0.5) is 5.69 Å². The van der Waals surface area contributed by atoms with E-state index in [1.54, 1.807) is 0 Å². The standard InChI is InChI=1S/C10H14Br2N2O.C4H4O4/c1-14(2)3-4-15-10-8(11)5-7(13)6-9(10)12;5-3(6)1-2-4(7)8/h5-6H,3-4,13H2,1-2H3;1-2H,(H,5,6)(H,7,8)/b;2-1-. The number of hydrogen-bond donors (Lipinski definition) is 3. The average molecular weight is 454 g/mol. The second-order valence-corrected chi connectivity index (χ2v) is 6.18. The van der Waals surface area contributed by atoms with Gasteiger partial charge in [0, 0.05) is 24.4 Å². The number of benzene rings is 1. The summed E-state index contributed by atoms with van der Waals surface area (Å²) in [6, 6.07) is 3.66. The van der Waals surface area contributed by atoms with Gasteiger partial charge in [-0.2, -0.15) is 0 Å². The smallest absolute Gasteiger partial charge is 0.328 e.